The molecule has 0 unspecified atom stereocenters. The molecule has 0 aliphatic carbocycles. The monoisotopic (exact) mass is 342 g/mol. The predicted octanol–water partition coefficient (Wildman–Crippen LogP) is 2.72. The summed E-state index contributed by atoms with van der Waals surface area (Å²) in [4.78, 5) is 20.4. The van der Waals surface area contributed by atoms with E-state index in [0.717, 1.165) is 48.0 Å². The third-order valence-electron chi connectivity index (χ3n) is 4.34. The molecule has 3 heterocycles. The van der Waals surface area contributed by atoms with Gasteiger partial charge in [0.15, 0.2) is 0 Å². The minimum atomic E-state index is -0.281. The summed E-state index contributed by atoms with van der Waals surface area (Å²) in [7, 11) is 1.41. The van der Waals surface area contributed by atoms with Crippen LogP contribution < -0.4 is 4.90 Å². The molecule has 1 saturated heterocycles. The standard InChI is InChI=1S/C18H18N2O3S/c1-22-18(21)15-10-13-11-19-16(17(13)24-15)12-2-4-14(5-3-12)20-6-8-23-9-7-20/h2-5,10H,6-9,11H2,1H3. The molecule has 4 rings (SSSR count). The Morgan fingerprint density at radius 3 is 2.71 bits per heavy atom. The molecule has 6 heteroatoms. The Morgan fingerprint density at radius 2 is 2.00 bits per heavy atom. The molecule has 0 N–H and O–H groups in total. The Kier molecular flexibility index (Phi) is 4.08. The van der Waals surface area contributed by atoms with Crippen LogP contribution in [-0.2, 0) is 16.0 Å². The largest absolute Gasteiger partial charge is 0.465 e. The number of anilines is 1. The minimum Gasteiger partial charge on any atom is -0.465 e. The van der Waals surface area contributed by atoms with Gasteiger partial charge in [-0.25, -0.2) is 4.79 Å². The van der Waals surface area contributed by atoms with Crippen molar-refractivity contribution in [3.8, 4) is 0 Å². The first kappa shape index (κ1) is 15.4. The van der Waals surface area contributed by atoms with Crippen LogP contribution in [0.2, 0.25) is 0 Å². The molecule has 24 heavy (non-hydrogen) atoms. The summed E-state index contributed by atoms with van der Waals surface area (Å²) >= 11 is 1.46. The Labute approximate surface area is 144 Å². The van der Waals surface area contributed by atoms with Gasteiger partial charge in [-0.2, -0.15) is 0 Å². The van der Waals surface area contributed by atoms with Gasteiger partial charge in [-0.05, 0) is 23.8 Å². The highest BCUT2D eigenvalue weighted by molar-refractivity contribution is 7.16. The third kappa shape index (κ3) is 2.72. The van der Waals surface area contributed by atoms with E-state index in [-0.39, 0.29) is 5.97 Å². The summed E-state index contributed by atoms with van der Waals surface area (Å²) in [5.74, 6) is -0.281. The first-order valence-electron chi connectivity index (χ1n) is 7.95. The van der Waals surface area contributed by atoms with E-state index < -0.39 is 0 Å². The van der Waals surface area contributed by atoms with Crippen molar-refractivity contribution < 1.29 is 14.3 Å². The Morgan fingerprint density at radius 1 is 1.25 bits per heavy atom. The second kappa shape index (κ2) is 6.37. The number of nitrogens with zero attached hydrogens (tertiary/aromatic N) is 2. The number of morpholine rings is 1. The minimum absolute atomic E-state index is 0.281. The SMILES string of the molecule is COC(=O)c1cc2c(s1)C(c1ccc(N3CCOCC3)cc1)=NC2. The lowest BCUT2D eigenvalue weighted by atomic mass is 10.1. The maximum Gasteiger partial charge on any atom is 0.348 e. The molecule has 2 aliphatic heterocycles. The first-order valence-corrected chi connectivity index (χ1v) is 8.77. The van der Waals surface area contributed by atoms with Gasteiger partial charge in [0, 0.05) is 24.3 Å². The summed E-state index contributed by atoms with van der Waals surface area (Å²) in [5, 5.41) is 0. The molecular weight excluding hydrogens is 324 g/mol. The third-order valence-corrected chi connectivity index (χ3v) is 5.50. The highest BCUT2D eigenvalue weighted by Crippen LogP contribution is 2.32. The fourth-order valence-electron chi connectivity index (χ4n) is 3.06. The lowest BCUT2D eigenvalue weighted by Crippen LogP contribution is -2.36. The van der Waals surface area contributed by atoms with Gasteiger partial charge in [0.2, 0.25) is 0 Å². The zero-order chi connectivity index (χ0) is 16.5. The van der Waals surface area contributed by atoms with Crippen LogP contribution in [0.3, 0.4) is 0 Å². The first-order chi connectivity index (χ1) is 11.8. The summed E-state index contributed by atoms with van der Waals surface area (Å²) in [6.45, 7) is 4.05. The molecule has 0 spiro atoms. The number of benzene rings is 1. The molecule has 124 valence electrons. The number of hydrogen-bond acceptors (Lipinski definition) is 6. The average molecular weight is 342 g/mol. The van der Waals surface area contributed by atoms with Crippen LogP contribution in [0.15, 0.2) is 35.3 Å². The summed E-state index contributed by atoms with van der Waals surface area (Å²) in [6.07, 6.45) is 0. The summed E-state index contributed by atoms with van der Waals surface area (Å²) in [6, 6.07) is 10.4. The van der Waals surface area contributed by atoms with Gasteiger partial charge in [0.05, 0.1) is 37.5 Å². The van der Waals surface area contributed by atoms with E-state index in [1.807, 2.05) is 6.07 Å². The van der Waals surface area contributed by atoms with Gasteiger partial charge in [-0.3, -0.25) is 4.99 Å². The predicted molar refractivity (Wildman–Crippen MR) is 94.5 cm³/mol. The molecule has 2 aromatic rings. The number of rotatable bonds is 3. The Bertz CT molecular complexity index is 789. The van der Waals surface area contributed by atoms with Crippen LogP contribution in [0.5, 0.6) is 0 Å². The van der Waals surface area contributed by atoms with Crippen molar-refractivity contribution in [1.82, 2.24) is 0 Å². The van der Waals surface area contributed by atoms with Crippen LogP contribution in [-0.4, -0.2) is 45.1 Å². The van der Waals surface area contributed by atoms with Crippen molar-refractivity contribution in [2.24, 2.45) is 4.99 Å². The molecule has 0 radical (unpaired) electrons. The Hall–Kier alpha value is -2.18. The smallest absolute Gasteiger partial charge is 0.348 e. The topological polar surface area (TPSA) is 51.1 Å². The van der Waals surface area contributed by atoms with E-state index in [4.69, 9.17) is 9.47 Å². The maximum absolute atomic E-state index is 11.7. The fourth-order valence-corrected chi connectivity index (χ4v) is 4.18. The van der Waals surface area contributed by atoms with Crippen LogP contribution >= 0.6 is 11.3 Å². The van der Waals surface area contributed by atoms with Crippen molar-refractivity contribution in [1.29, 1.82) is 0 Å². The lowest BCUT2D eigenvalue weighted by molar-refractivity contribution is 0.0606. The molecular formula is C18H18N2O3S. The lowest BCUT2D eigenvalue weighted by Gasteiger charge is -2.28. The molecule has 1 fully saturated rings. The Balaban J connectivity index is 1.57. The number of carbonyl (C=O) groups is 1. The molecule has 0 bridgehead atoms. The van der Waals surface area contributed by atoms with E-state index in [1.54, 1.807) is 0 Å². The molecule has 1 aromatic heterocycles. The summed E-state index contributed by atoms with van der Waals surface area (Å²) < 4.78 is 10.2. The number of hydrogen-bond donors (Lipinski definition) is 0. The van der Waals surface area contributed by atoms with Crippen molar-refractivity contribution in [2.45, 2.75) is 6.54 Å². The van der Waals surface area contributed by atoms with Crippen molar-refractivity contribution in [2.75, 3.05) is 38.3 Å². The van der Waals surface area contributed by atoms with Gasteiger partial charge < -0.3 is 14.4 Å². The van der Waals surface area contributed by atoms with Crippen LogP contribution in [0.1, 0.15) is 25.7 Å². The fraction of sp³-hybridized carbons (Fsp3) is 0.333. The second-order valence-corrected chi connectivity index (χ2v) is 6.82. The van der Waals surface area contributed by atoms with Gasteiger partial charge in [-0.15, -0.1) is 11.3 Å². The number of thiophene rings is 1. The number of methoxy groups -OCH3 is 1. The number of fused-ring (bicyclic) bond motifs is 1. The average Bonchev–Trinajstić information content (AvgIpc) is 3.22. The van der Waals surface area contributed by atoms with Gasteiger partial charge in [-0.1, -0.05) is 12.1 Å². The quantitative estimate of drug-likeness (QED) is 0.805. The van der Waals surface area contributed by atoms with Gasteiger partial charge in [0.25, 0.3) is 0 Å². The normalized spacial score (nSPS) is 16.7. The number of ether oxygens (including phenoxy) is 2. The molecule has 5 nitrogen and oxygen atoms in total. The van der Waals surface area contributed by atoms with E-state index in [9.17, 15) is 4.79 Å². The van der Waals surface area contributed by atoms with Crippen LogP contribution in [0.4, 0.5) is 5.69 Å². The number of esters is 1. The van der Waals surface area contributed by atoms with Crippen molar-refractivity contribution >= 4 is 28.7 Å². The van der Waals surface area contributed by atoms with Crippen LogP contribution in [0, 0.1) is 0 Å². The molecule has 0 saturated carbocycles. The van der Waals surface area contributed by atoms with E-state index >= 15 is 0 Å². The van der Waals surface area contributed by atoms with Crippen LogP contribution in [0.25, 0.3) is 0 Å². The molecule has 2 aliphatic rings. The zero-order valence-electron chi connectivity index (χ0n) is 13.4. The van der Waals surface area contributed by atoms with E-state index in [1.165, 1.54) is 24.1 Å². The zero-order valence-corrected chi connectivity index (χ0v) is 14.3. The van der Waals surface area contributed by atoms with Crippen molar-refractivity contribution in [3.63, 3.8) is 0 Å². The second-order valence-electron chi connectivity index (χ2n) is 5.77. The molecule has 0 atom stereocenters. The molecule has 1 aromatic carbocycles. The maximum atomic E-state index is 11.7. The highest BCUT2D eigenvalue weighted by Gasteiger charge is 2.23. The van der Waals surface area contributed by atoms with E-state index in [0.29, 0.717) is 11.4 Å². The van der Waals surface area contributed by atoms with Crippen molar-refractivity contribution in [3.05, 3.63) is 51.2 Å². The molecule has 0 amide bonds. The highest BCUT2D eigenvalue weighted by atomic mass is 32.1. The number of carbonyl (C=O) groups excluding carboxylic acids is 1. The van der Waals surface area contributed by atoms with Gasteiger partial charge >= 0.3 is 5.97 Å². The number of aliphatic imine (C=N–C) groups is 1. The van der Waals surface area contributed by atoms with E-state index in [2.05, 4.69) is 34.2 Å². The van der Waals surface area contributed by atoms with Gasteiger partial charge in [0.1, 0.15) is 4.88 Å². The summed E-state index contributed by atoms with van der Waals surface area (Å²) in [5.41, 5.74) is 4.37.